The van der Waals surface area contributed by atoms with Crippen molar-refractivity contribution >= 4 is 5.91 Å². The van der Waals surface area contributed by atoms with Crippen LogP contribution in [0.5, 0.6) is 0 Å². The Kier molecular flexibility index (Phi) is 14.2. The monoisotopic (exact) mass is 290 g/mol. The van der Waals surface area contributed by atoms with Gasteiger partial charge in [0.25, 0.3) is 0 Å². The third-order valence-electron chi connectivity index (χ3n) is 2.46. The number of carbonyl (C=O) groups is 1. The Morgan fingerprint density at radius 3 is 2.30 bits per heavy atom. The fraction of sp³-hybridized carbons (Fsp3) is 0.929. The van der Waals surface area contributed by atoms with E-state index in [2.05, 4.69) is 24.5 Å². The number of rotatable bonds is 14. The average Bonchev–Trinajstić information content (AvgIpc) is 2.42. The Morgan fingerprint density at radius 1 is 1.00 bits per heavy atom. The molecule has 0 heterocycles. The van der Waals surface area contributed by atoms with Gasteiger partial charge in [-0.2, -0.15) is 0 Å². The van der Waals surface area contributed by atoms with E-state index in [9.17, 15) is 4.79 Å². The number of carbonyl (C=O) groups excluding carboxylic acids is 1. The lowest BCUT2D eigenvalue weighted by molar-refractivity contribution is -0.121. The summed E-state index contributed by atoms with van der Waals surface area (Å²) in [6, 6.07) is 0. The maximum atomic E-state index is 11.4. The van der Waals surface area contributed by atoms with Crippen molar-refractivity contribution in [2.45, 2.75) is 20.3 Å². The second-order valence-electron chi connectivity index (χ2n) is 4.92. The van der Waals surface area contributed by atoms with E-state index < -0.39 is 0 Å². The molecule has 0 radical (unpaired) electrons. The number of hydrogen-bond acceptors (Lipinski definition) is 5. The molecular formula is C14H30N2O4. The third-order valence-corrected chi connectivity index (χ3v) is 2.46. The van der Waals surface area contributed by atoms with Gasteiger partial charge in [-0.15, -0.1) is 0 Å². The van der Waals surface area contributed by atoms with E-state index >= 15 is 0 Å². The van der Waals surface area contributed by atoms with Gasteiger partial charge in [0, 0.05) is 33.2 Å². The molecule has 0 bridgehead atoms. The van der Waals surface area contributed by atoms with Crippen molar-refractivity contribution in [2.75, 3.05) is 59.8 Å². The van der Waals surface area contributed by atoms with Crippen LogP contribution in [0.1, 0.15) is 20.3 Å². The van der Waals surface area contributed by atoms with Crippen molar-refractivity contribution in [1.29, 1.82) is 0 Å². The summed E-state index contributed by atoms with van der Waals surface area (Å²) < 4.78 is 15.5. The Hall–Kier alpha value is -0.690. The van der Waals surface area contributed by atoms with Crippen LogP contribution in [0.4, 0.5) is 0 Å². The molecule has 0 saturated carbocycles. The maximum Gasteiger partial charge on any atom is 0.221 e. The second kappa shape index (κ2) is 14.7. The number of nitrogens with one attached hydrogen (secondary N) is 2. The van der Waals surface area contributed by atoms with Crippen LogP contribution < -0.4 is 10.6 Å². The zero-order valence-corrected chi connectivity index (χ0v) is 13.1. The minimum absolute atomic E-state index is 0.0960. The predicted molar refractivity (Wildman–Crippen MR) is 78.8 cm³/mol. The molecule has 2 N–H and O–H groups in total. The Labute approximate surface area is 122 Å². The standard InChI is InChI=1S/C14H30N2O4/c1-13(2)12-16-14(17)4-5-15-6-7-19-10-11-20-9-8-18-3/h13,15H,4-12H2,1-3H3,(H,16,17). The summed E-state index contributed by atoms with van der Waals surface area (Å²) in [6.07, 6.45) is 0.507. The highest BCUT2D eigenvalue weighted by Gasteiger charge is 2.01. The average molecular weight is 290 g/mol. The molecule has 0 atom stereocenters. The summed E-state index contributed by atoms with van der Waals surface area (Å²) in [5.41, 5.74) is 0. The lowest BCUT2D eigenvalue weighted by atomic mass is 10.2. The topological polar surface area (TPSA) is 68.8 Å². The molecule has 0 aromatic carbocycles. The van der Waals surface area contributed by atoms with Crippen LogP contribution in [-0.4, -0.2) is 65.7 Å². The van der Waals surface area contributed by atoms with Crippen LogP contribution in [0.15, 0.2) is 0 Å². The summed E-state index contributed by atoms with van der Waals surface area (Å²) >= 11 is 0. The van der Waals surface area contributed by atoms with Gasteiger partial charge < -0.3 is 24.8 Å². The van der Waals surface area contributed by atoms with Gasteiger partial charge in [-0.1, -0.05) is 13.8 Å². The molecule has 0 rings (SSSR count). The number of methoxy groups -OCH3 is 1. The van der Waals surface area contributed by atoms with Crippen molar-refractivity contribution in [2.24, 2.45) is 5.92 Å². The van der Waals surface area contributed by atoms with E-state index in [-0.39, 0.29) is 5.91 Å². The van der Waals surface area contributed by atoms with E-state index in [1.807, 2.05) is 0 Å². The maximum absolute atomic E-state index is 11.4. The molecule has 6 heteroatoms. The van der Waals surface area contributed by atoms with Crippen molar-refractivity contribution in [3.05, 3.63) is 0 Å². The Bertz CT molecular complexity index is 225. The van der Waals surface area contributed by atoms with Gasteiger partial charge in [-0.05, 0) is 5.92 Å². The highest BCUT2D eigenvalue weighted by molar-refractivity contribution is 5.76. The fourth-order valence-corrected chi connectivity index (χ4v) is 1.34. The van der Waals surface area contributed by atoms with Gasteiger partial charge in [-0.3, -0.25) is 4.79 Å². The zero-order chi connectivity index (χ0) is 15.1. The first-order valence-electron chi connectivity index (χ1n) is 7.28. The predicted octanol–water partition coefficient (Wildman–Crippen LogP) is 0.418. The van der Waals surface area contributed by atoms with Gasteiger partial charge in [0.1, 0.15) is 0 Å². The van der Waals surface area contributed by atoms with Gasteiger partial charge in [0.05, 0.1) is 33.0 Å². The molecule has 0 aromatic rings. The summed E-state index contributed by atoms with van der Waals surface area (Å²) in [5, 5.41) is 6.05. The van der Waals surface area contributed by atoms with Gasteiger partial charge in [0.15, 0.2) is 0 Å². The van der Waals surface area contributed by atoms with Crippen LogP contribution in [0.25, 0.3) is 0 Å². The lowest BCUT2D eigenvalue weighted by Crippen LogP contribution is -2.31. The van der Waals surface area contributed by atoms with E-state index in [1.54, 1.807) is 7.11 Å². The first-order chi connectivity index (χ1) is 9.66. The van der Waals surface area contributed by atoms with Crippen LogP contribution in [-0.2, 0) is 19.0 Å². The second-order valence-corrected chi connectivity index (χ2v) is 4.92. The molecule has 0 fully saturated rings. The number of amides is 1. The molecule has 0 aliphatic rings. The van der Waals surface area contributed by atoms with Gasteiger partial charge in [0.2, 0.25) is 5.91 Å². The van der Waals surface area contributed by atoms with Crippen molar-refractivity contribution in [3.8, 4) is 0 Å². The molecule has 1 amide bonds. The fourth-order valence-electron chi connectivity index (χ4n) is 1.34. The number of ether oxygens (including phenoxy) is 3. The van der Waals surface area contributed by atoms with Crippen molar-refractivity contribution in [3.63, 3.8) is 0 Å². The SMILES string of the molecule is COCCOCCOCCNCCC(=O)NCC(C)C. The van der Waals surface area contributed by atoms with Crippen LogP contribution in [0.2, 0.25) is 0 Å². The smallest absolute Gasteiger partial charge is 0.221 e. The summed E-state index contributed by atoms with van der Waals surface area (Å²) in [5.74, 6) is 0.588. The Morgan fingerprint density at radius 2 is 1.65 bits per heavy atom. The highest BCUT2D eigenvalue weighted by atomic mass is 16.5. The molecule has 0 spiro atoms. The normalized spacial score (nSPS) is 11.0. The van der Waals surface area contributed by atoms with Crippen LogP contribution >= 0.6 is 0 Å². The van der Waals surface area contributed by atoms with E-state index in [0.717, 1.165) is 13.1 Å². The Balaban J connectivity index is 3.11. The lowest BCUT2D eigenvalue weighted by Gasteiger charge is -2.08. The summed E-state index contributed by atoms with van der Waals surface area (Å²) in [6.45, 7) is 9.33. The van der Waals surface area contributed by atoms with Crippen molar-refractivity contribution in [1.82, 2.24) is 10.6 Å². The highest BCUT2D eigenvalue weighted by Crippen LogP contribution is 1.88. The van der Waals surface area contributed by atoms with E-state index in [1.165, 1.54) is 0 Å². The molecule has 20 heavy (non-hydrogen) atoms. The van der Waals surface area contributed by atoms with Crippen molar-refractivity contribution < 1.29 is 19.0 Å². The van der Waals surface area contributed by atoms with Crippen LogP contribution in [0.3, 0.4) is 0 Å². The number of hydrogen-bond donors (Lipinski definition) is 2. The molecule has 0 aliphatic heterocycles. The molecule has 0 aliphatic carbocycles. The molecule has 6 nitrogen and oxygen atoms in total. The first-order valence-corrected chi connectivity index (χ1v) is 7.28. The quantitative estimate of drug-likeness (QED) is 0.454. The van der Waals surface area contributed by atoms with Gasteiger partial charge in [-0.25, -0.2) is 0 Å². The van der Waals surface area contributed by atoms with Crippen LogP contribution in [0, 0.1) is 5.92 Å². The molecule has 0 unspecified atom stereocenters. The molecular weight excluding hydrogens is 260 g/mol. The minimum atomic E-state index is 0.0960. The first kappa shape index (κ1) is 19.3. The molecule has 120 valence electrons. The summed E-state index contributed by atoms with van der Waals surface area (Å²) in [7, 11) is 1.65. The molecule has 0 aromatic heterocycles. The minimum Gasteiger partial charge on any atom is -0.382 e. The van der Waals surface area contributed by atoms with E-state index in [4.69, 9.17) is 14.2 Å². The third kappa shape index (κ3) is 15.4. The van der Waals surface area contributed by atoms with Gasteiger partial charge >= 0.3 is 0 Å². The van der Waals surface area contributed by atoms with E-state index in [0.29, 0.717) is 51.9 Å². The largest absolute Gasteiger partial charge is 0.382 e. The molecule has 0 saturated heterocycles. The summed E-state index contributed by atoms with van der Waals surface area (Å²) in [4.78, 5) is 11.4. The zero-order valence-electron chi connectivity index (χ0n) is 13.1.